The number of carbonyl (C=O) groups is 2. The maximum atomic E-state index is 12.7. The Morgan fingerprint density at radius 2 is 2.00 bits per heavy atom. The van der Waals surface area contributed by atoms with E-state index < -0.39 is 0 Å². The second kappa shape index (κ2) is 9.58. The van der Waals surface area contributed by atoms with Gasteiger partial charge in [-0.15, -0.1) is 11.3 Å². The minimum absolute atomic E-state index is 0.0298. The van der Waals surface area contributed by atoms with Gasteiger partial charge in [-0.25, -0.2) is 9.97 Å². The number of amides is 2. The smallest absolute Gasteiger partial charge is 0.234 e. The fraction of sp³-hybridized carbons (Fsp3) is 0.417. The van der Waals surface area contributed by atoms with Crippen LogP contribution in [0.5, 0.6) is 0 Å². The van der Waals surface area contributed by atoms with Crippen LogP contribution in [-0.4, -0.2) is 27.5 Å². The zero-order valence-corrected chi connectivity index (χ0v) is 20.5. The lowest BCUT2D eigenvalue weighted by molar-refractivity contribution is -0.116. The molecule has 1 aliphatic carbocycles. The van der Waals surface area contributed by atoms with E-state index in [1.54, 1.807) is 11.3 Å². The Kier molecular flexibility index (Phi) is 6.81. The molecule has 2 heterocycles. The van der Waals surface area contributed by atoms with Gasteiger partial charge in [0.25, 0.3) is 0 Å². The molecule has 0 spiro atoms. The molecular formula is C24H28N4O2S2. The summed E-state index contributed by atoms with van der Waals surface area (Å²) in [5.41, 5.74) is 3.77. The molecule has 4 rings (SSSR count). The van der Waals surface area contributed by atoms with E-state index in [0.717, 1.165) is 45.2 Å². The zero-order chi connectivity index (χ0) is 22.8. The van der Waals surface area contributed by atoms with E-state index >= 15 is 0 Å². The largest absolute Gasteiger partial charge is 0.326 e. The average Bonchev–Trinajstić information content (AvgIpc) is 3.10. The maximum Gasteiger partial charge on any atom is 0.234 e. The number of thioether (sulfide) groups is 1. The predicted octanol–water partition coefficient (Wildman–Crippen LogP) is 5.51. The van der Waals surface area contributed by atoms with Gasteiger partial charge in [-0.1, -0.05) is 25.6 Å². The number of rotatable bonds is 6. The molecule has 0 bridgehead atoms. The van der Waals surface area contributed by atoms with Crippen molar-refractivity contribution in [2.45, 2.75) is 58.4 Å². The van der Waals surface area contributed by atoms with Gasteiger partial charge >= 0.3 is 0 Å². The molecule has 6 nitrogen and oxygen atoms in total. The van der Waals surface area contributed by atoms with Crippen molar-refractivity contribution in [2.75, 3.05) is 16.4 Å². The molecule has 1 aliphatic rings. The van der Waals surface area contributed by atoms with Gasteiger partial charge in [0.05, 0.1) is 5.75 Å². The Hall–Kier alpha value is -2.45. The number of aryl methyl sites for hydroxylation is 3. The fourth-order valence-corrected chi connectivity index (χ4v) is 6.36. The number of nitrogens with one attached hydrogen (secondary N) is 2. The lowest BCUT2D eigenvalue weighted by Gasteiger charge is -2.18. The van der Waals surface area contributed by atoms with E-state index in [1.165, 1.54) is 28.6 Å². The van der Waals surface area contributed by atoms with E-state index in [2.05, 4.69) is 27.5 Å². The zero-order valence-electron chi connectivity index (χ0n) is 18.9. The molecule has 8 heteroatoms. The van der Waals surface area contributed by atoms with E-state index in [-0.39, 0.29) is 17.6 Å². The highest BCUT2D eigenvalue weighted by Crippen LogP contribution is 2.40. The third kappa shape index (κ3) is 4.96. The van der Waals surface area contributed by atoms with Crippen LogP contribution in [-0.2, 0) is 22.4 Å². The minimum Gasteiger partial charge on any atom is -0.326 e. The first-order chi connectivity index (χ1) is 15.3. The van der Waals surface area contributed by atoms with Gasteiger partial charge in [0.15, 0.2) is 0 Å². The normalized spacial score (nSPS) is 15.4. The summed E-state index contributed by atoms with van der Waals surface area (Å²) in [5, 5.41) is 7.88. The van der Waals surface area contributed by atoms with Gasteiger partial charge in [0, 0.05) is 28.1 Å². The molecule has 0 radical (unpaired) electrons. The van der Waals surface area contributed by atoms with Gasteiger partial charge in [-0.3, -0.25) is 9.59 Å². The Balaban J connectivity index is 1.46. The lowest BCUT2D eigenvalue weighted by Crippen LogP contribution is -2.15. The summed E-state index contributed by atoms with van der Waals surface area (Å²) in [7, 11) is 0. The van der Waals surface area contributed by atoms with E-state index in [1.807, 2.05) is 39.0 Å². The number of carbonyl (C=O) groups excluding carboxylic acids is 2. The van der Waals surface area contributed by atoms with Crippen LogP contribution in [0, 0.1) is 19.8 Å². The Labute approximate surface area is 196 Å². The number of hydrogen-bond acceptors (Lipinski definition) is 6. The number of benzene rings is 1. The van der Waals surface area contributed by atoms with Gasteiger partial charge < -0.3 is 10.6 Å². The first-order valence-corrected chi connectivity index (χ1v) is 12.8. The summed E-state index contributed by atoms with van der Waals surface area (Å²) < 4.78 is 0. The first kappa shape index (κ1) is 22.7. The molecule has 32 heavy (non-hydrogen) atoms. The van der Waals surface area contributed by atoms with Crippen LogP contribution in [0.25, 0.3) is 10.2 Å². The molecule has 0 unspecified atom stereocenters. The molecule has 2 amide bonds. The standard InChI is InChI=1S/C24H28N4O2S2/c1-5-20(29)28-18-9-7-16(11-14(18)3)27-21(30)12-31-23-22-17-8-6-13(2)10-19(17)32-24(22)26-15(4)25-23/h7,9,11,13H,5-6,8,10,12H2,1-4H3,(H,27,30)(H,28,29)/t13-/m0/s1. The highest BCUT2D eigenvalue weighted by atomic mass is 32.2. The predicted molar refractivity (Wildman–Crippen MR) is 133 cm³/mol. The molecule has 0 aliphatic heterocycles. The van der Waals surface area contributed by atoms with E-state index in [0.29, 0.717) is 18.0 Å². The van der Waals surface area contributed by atoms with Crippen LogP contribution in [0.1, 0.15) is 48.5 Å². The third-order valence-electron chi connectivity index (χ3n) is 5.68. The van der Waals surface area contributed by atoms with Crippen LogP contribution in [0.3, 0.4) is 0 Å². The van der Waals surface area contributed by atoms with Gasteiger partial charge in [0.2, 0.25) is 11.8 Å². The average molecular weight is 469 g/mol. The molecule has 1 aromatic carbocycles. The van der Waals surface area contributed by atoms with Crippen LogP contribution >= 0.6 is 23.1 Å². The summed E-state index contributed by atoms with van der Waals surface area (Å²) in [6.07, 6.45) is 3.78. The van der Waals surface area contributed by atoms with Crippen molar-refractivity contribution in [2.24, 2.45) is 5.92 Å². The van der Waals surface area contributed by atoms with Crippen LogP contribution < -0.4 is 10.6 Å². The van der Waals surface area contributed by atoms with Crippen molar-refractivity contribution in [3.8, 4) is 0 Å². The van der Waals surface area contributed by atoms with Crippen LogP contribution in [0.4, 0.5) is 11.4 Å². The number of aromatic nitrogens is 2. The summed E-state index contributed by atoms with van der Waals surface area (Å²) in [4.78, 5) is 36.1. The molecule has 2 aromatic heterocycles. The van der Waals surface area contributed by atoms with Crippen molar-refractivity contribution in [1.82, 2.24) is 9.97 Å². The van der Waals surface area contributed by atoms with Gasteiger partial charge in [0.1, 0.15) is 15.7 Å². The molecule has 3 aromatic rings. The highest BCUT2D eigenvalue weighted by molar-refractivity contribution is 8.00. The molecule has 168 valence electrons. The molecule has 1 atom stereocenters. The summed E-state index contributed by atoms with van der Waals surface area (Å²) >= 11 is 3.26. The number of thiophene rings is 1. The lowest BCUT2D eigenvalue weighted by atomic mass is 9.89. The highest BCUT2D eigenvalue weighted by Gasteiger charge is 2.24. The van der Waals surface area contributed by atoms with Crippen molar-refractivity contribution >= 4 is 56.5 Å². The van der Waals surface area contributed by atoms with Crippen molar-refractivity contribution < 1.29 is 9.59 Å². The summed E-state index contributed by atoms with van der Waals surface area (Å²) in [6, 6.07) is 5.50. The van der Waals surface area contributed by atoms with Crippen LogP contribution in [0.15, 0.2) is 23.2 Å². The second-order valence-corrected chi connectivity index (χ2v) is 10.4. The number of hydrogen-bond donors (Lipinski definition) is 2. The minimum atomic E-state index is -0.0816. The van der Waals surface area contributed by atoms with Crippen molar-refractivity contribution in [3.63, 3.8) is 0 Å². The van der Waals surface area contributed by atoms with Gasteiger partial charge in [-0.05, 0) is 68.4 Å². The second-order valence-electron chi connectivity index (χ2n) is 8.38. The third-order valence-corrected chi connectivity index (χ3v) is 7.80. The Bertz CT molecular complexity index is 1190. The van der Waals surface area contributed by atoms with Crippen LogP contribution in [0.2, 0.25) is 0 Å². The monoisotopic (exact) mass is 468 g/mol. The maximum absolute atomic E-state index is 12.7. The van der Waals surface area contributed by atoms with Crippen molar-refractivity contribution in [3.05, 3.63) is 40.0 Å². The quantitative estimate of drug-likeness (QED) is 0.368. The molecule has 0 saturated heterocycles. The summed E-state index contributed by atoms with van der Waals surface area (Å²) in [5.74, 6) is 1.61. The molecule has 0 saturated carbocycles. The Morgan fingerprint density at radius 1 is 1.19 bits per heavy atom. The number of anilines is 2. The number of nitrogens with zero attached hydrogens (tertiary/aromatic N) is 2. The molecule has 2 N–H and O–H groups in total. The van der Waals surface area contributed by atoms with Crippen molar-refractivity contribution in [1.29, 1.82) is 0 Å². The Morgan fingerprint density at radius 3 is 2.75 bits per heavy atom. The number of fused-ring (bicyclic) bond motifs is 3. The topological polar surface area (TPSA) is 84.0 Å². The molecular weight excluding hydrogens is 440 g/mol. The van der Waals surface area contributed by atoms with E-state index in [9.17, 15) is 9.59 Å². The van der Waals surface area contributed by atoms with Gasteiger partial charge in [-0.2, -0.15) is 0 Å². The van der Waals surface area contributed by atoms with E-state index in [4.69, 9.17) is 0 Å². The SMILES string of the molecule is CCC(=O)Nc1ccc(NC(=O)CSc2nc(C)nc3sc4c(c23)CC[C@H](C)C4)cc1C. The summed E-state index contributed by atoms with van der Waals surface area (Å²) in [6.45, 7) is 7.94. The molecule has 0 fully saturated rings. The first-order valence-electron chi connectivity index (χ1n) is 11.0. The fourth-order valence-electron chi connectivity index (χ4n) is 3.97.